The van der Waals surface area contributed by atoms with E-state index in [-0.39, 0.29) is 17.3 Å². The lowest BCUT2D eigenvalue weighted by Gasteiger charge is -2.08. The van der Waals surface area contributed by atoms with E-state index in [1.807, 2.05) is 0 Å². The molecule has 2 aromatic rings. The van der Waals surface area contributed by atoms with Crippen molar-refractivity contribution in [3.8, 4) is 11.4 Å². The second-order valence-electron chi connectivity index (χ2n) is 3.88. The number of aliphatic hydroxyl groups excluding tert-OH is 1. The van der Waals surface area contributed by atoms with Gasteiger partial charge in [-0.1, -0.05) is 5.16 Å². The molecule has 1 heterocycles. The zero-order chi connectivity index (χ0) is 13.3. The van der Waals surface area contributed by atoms with Crippen molar-refractivity contribution in [3.05, 3.63) is 35.7 Å². The molecule has 1 aromatic carbocycles. The maximum atomic E-state index is 13.0. The van der Waals surface area contributed by atoms with Crippen molar-refractivity contribution in [2.45, 2.75) is 19.1 Å². The molecule has 0 bridgehead atoms. The highest BCUT2D eigenvalue weighted by molar-refractivity contribution is 5.54. The van der Waals surface area contributed by atoms with Crippen LogP contribution in [0.15, 0.2) is 22.7 Å². The third-order valence-electron chi connectivity index (χ3n) is 2.37. The largest absolute Gasteiger partial charge is 0.391 e. The van der Waals surface area contributed by atoms with Crippen LogP contribution in [0.2, 0.25) is 0 Å². The van der Waals surface area contributed by atoms with Crippen molar-refractivity contribution in [2.75, 3.05) is 0 Å². The molecule has 0 aliphatic rings. The van der Waals surface area contributed by atoms with Gasteiger partial charge in [-0.05, 0) is 19.1 Å². The van der Waals surface area contributed by atoms with Crippen molar-refractivity contribution < 1.29 is 18.4 Å². The quantitative estimate of drug-likeness (QED) is 0.865. The van der Waals surface area contributed by atoms with E-state index in [0.717, 1.165) is 18.2 Å². The minimum atomic E-state index is -0.873. The molecule has 0 radical (unpaired) electrons. The summed E-state index contributed by atoms with van der Waals surface area (Å²) in [4.78, 5) is 3.89. The molecule has 7 heteroatoms. The van der Waals surface area contributed by atoms with E-state index in [9.17, 15) is 13.9 Å². The lowest BCUT2D eigenvalue weighted by atomic mass is 10.2. The Labute approximate surface area is 101 Å². The topological polar surface area (TPSA) is 85.2 Å². The molecule has 0 amide bonds. The van der Waals surface area contributed by atoms with Gasteiger partial charge in [-0.2, -0.15) is 4.98 Å². The van der Waals surface area contributed by atoms with Gasteiger partial charge in [-0.15, -0.1) is 0 Å². The molecule has 0 spiro atoms. The molecular weight excluding hydrogens is 244 g/mol. The summed E-state index contributed by atoms with van der Waals surface area (Å²) in [5, 5.41) is 12.8. The van der Waals surface area contributed by atoms with Crippen LogP contribution in [0.25, 0.3) is 11.4 Å². The molecule has 1 aromatic heterocycles. The van der Waals surface area contributed by atoms with Crippen molar-refractivity contribution in [3.63, 3.8) is 0 Å². The van der Waals surface area contributed by atoms with Gasteiger partial charge in [-0.3, -0.25) is 0 Å². The van der Waals surface area contributed by atoms with E-state index in [1.54, 1.807) is 0 Å². The fraction of sp³-hybridized carbons (Fsp3) is 0.273. The standard InChI is InChI=1S/C11H11F2N3O2/c1-5(17)9(14)11-15-10(16-18-11)6-2-7(12)4-8(13)3-6/h2-5,9,17H,14H2,1H3/t5-,9+/m1/s1. The summed E-state index contributed by atoms with van der Waals surface area (Å²) in [5.74, 6) is -1.46. The zero-order valence-electron chi connectivity index (χ0n) is 9.47. The van der Waals surface area contributed by atoms with Gasteiger partial charge in [0.05, 0.1) is 6.10 Å². The molecule has 0 fully saturated rings. The Morgan fingerprint density at radius 2 is 1.89 bits per heavy atom. The smallest absolute Gasteiger partial charge is 0.246 e. The van der Waals surface area contributed by atoms with Crippen LogP contribution in [0, 0.1) is 11.6 Å². The number of benzene rings is 1. The summed E-state index contributed by atoms with van der Waals surface area (Å²) in [6.45, 7) is 1.47. The average Bonchev–Trinajstić information content (AvgIpc) is 2.75. The van der Waals surface area contributed by atoms with Crippen LogP contribution >= 0.6 is 0 Å². The second-order valence-corrected chi connectivity index (χ2v) is 3.88. The minimum absolute atomic E-state index is 0.00432. The number of nitrogens with zero attached hydrogens (tertiary/aromatic N) is 2. The summed E-state index contributed by atoms with van der Waals surface area (Å²) in [5.41, 5.74) is 5.73. The molecule has 2 atom stereocenters. The van der Waals surface area contributed by atoms with Gasteiger partial charge in [0.2, 0.25) is 11.7 Å². The van der Waals surface area contributed by atoms with Crippen LogP contribution < -0.4 is 5.73 Å². The maximum Gasteiger partial charge on any atom is 0.246 e. The lowest BCUT2D eigenvalue weighted by molar-refractivity contribution is 0.146. The number of hydrogen-bond acceptors (Lipinski definition) is 5. The Morgan fingerprint density at radius 1 is 1.28 bits per heavy atom. The number of hydrogen-bond donors (Lipinski definition) is 2. The summed E-state index contributed by atoms with van der Waals surface area (Å²) in [7, 11) is 0. The first kappa shape index (κ1) is 12.6. The summed E-state index contributed by atoms with van der Waals surface area (Å²) < 4.78 is 30.9. The predicted octanol–water partition coefficient (Wildman–Crippen LogP) is 1.40. The van der Waals surface area contributed by atoms with Crippen molar-refractivity contribution in [2.24, 2.45) is 5.73 Å². The molecule has 96 valence electrons. The van der Waals surface area contributed by atoms with E-state index in [2.05, 4.69) is 10.1 Å². The Kier molecular flexibility index (Phi) is 3.35. The second kappa shape index (κ2) is 4.79. The van der Waals surface area contributed by atoms with Gasteiger partial charge in [0.1, 0.15) is 17.7 Å². The molecule has 2 rings (SSSR count). The zero-order valence-corrected chi connectivity index (χ0v) is 9.47. The predicted molar refractivity (Wildman–Crippen MR) is 58.3 cm³/mol. The lowest BCUT2D eigenvalue weighted by Crippen LogP contribution is -2.23. The normalized spacial score (nSPS) is 14.5. The minimum Gasteiger partial charge on any atom is -0.391 e. The van der Waals surface area contributed by atoms with Crippen LogP contribution in [0.5, 0.6) is 0 Å². The van der Waals surface area contributed by atoms with E-state index in [0.29, 0.717) is 0 Å². The number of nitrogens with two attached hydrogens (primary N) is 1. The highest BCUT2D eigenvalue weighted by Crippen LogP contribution is 2.21. The molecule has 5 nitrogen and oxygen atoms in total. The van der Waals surface area contributed by atoms with Gasteiger partial charge >= 0.3 is 0 Å². The van der Waals surface area contributed by atoms with Crippen LogP contribution in [-0.4, -0.2) is 21.4 Å². The summed E-state index contributed by atoms with van der Waals surface area (Å²) >= 11 is 0. The fourth-order valence-electron chi connectivity index (χ4n) is 1.38. The van der Waals surface area contributed by atoms with Crippen molar-refractivity contribution in [1.29, 1.82) is 0 Å². The first-order valence-electron chi connectivity index (χ1n) is 5.21. The van der Waals surface area contributed by atoms with Crippen LogP contribution in [0.4, 0.5) is 8.78 Å². The van der Waals surface area contributed by atoms with E-state index < -0.39 is 23.8 Å². The van der Waals surface area contributed by atoms with E-state index in [4.69, 9.17) is 10.3 Å². The molecule has 0 aliphatic carbocycles. The highest BCUT2D eigenvalue weighted by Gasteiger charge is 2.20. The number of rotatable bonds is 3. The van der Waals surface area contributed by atoms with Crippen molar-refractivity contribution >= 4 is 0 Å². The third kappa shape index (κ3) is 2.52. The fourth-order valence-corrected chi connectivity index (χ4v) is 1.38. The van der Waals surface area contributed by atoms with E-state index >= 15 is 0 Å². The van der Waals surface area contributed by atoms with Gasteiger partial charge in [0.15, 0.2) is 0 Å². The first-order valence-corrected chi connectivity index (χ1v) is 5.21. The monoisotopic (exact) mass is 255 g/mol. The average molecular weight is 255 g/mol. The number of halogens is 2. The van der Waals surface area contributed by atoms with Crippen LogP contribution in [-0.2, 0) is 0 Å². The van der Waals surface area contributed by atoms with Crippen LogP contribution in [0.1, 0.15) is 18.9 Å². The molecular formula is C11H11F2N3O2. The first-order chi connectivity index (χ1) is 8.47. The summed E-state index contributed by atoms with van der Waals surface area (Å²) in [6.07, 6.45) is -0.873. The highest BCUT2D eigenvalue weighted by atomic mass is 19.1. The molecule has 3 N–H and O–H groups in total. The Morgan fingerprint density at radius 3 is 2.44 bits per heavy atom. The van der Waals surface area contributed by atoms with Gasteiger partial charge in [0, 0.05) is 11.6 Å². The Balaban J connectivity index is 2.35. The number of aromatic nitrogens is 2. The van der Waals surface area contributed by atoms with E-state index in [1.165, 1.54) is 6.92 Å². The molecule has 0 saturated carbocycles. The van der Waals surface area contributed by atoms with Crippen molar-refractivity contribution in [1.82, 2.24) is 10.1 Å². The van der Waals surface area contributed by atoms with Gasteiger partial charge in [0.25, 0.3) is 0 Å². The van der Waals surface area contributed by atoms with Gasteiger partial charge in [-0.25, -0.2) is 8.78 Å². The molecule has 0 unspecified atom stereocenters. The maximum absolute atomic E-state index is 13.0. The molecule has 18 heavy (non-hydrogen) atoms. The Hall–Kier alpha value is -1.86. The number of aliphatic hydroxyl groups is 1. The SMILES string of the molecule is C[C@@H](O)[C@H](N)c1nc(-c2cc(F)cc(F)c2)no1. The summed E-state index contributed by atoms with van der Waals surface area (Å²) in [6, 6.07) is 2.05. The third-order valence-corrected chi connectivity index (χ3v) is 2.37. The van der Waals surface area contributed by atoms with Crippen LogP contribution in [0.3, 0.4) is 0 Å². The molecule has 0 aliphatic heterocycles. The Bertz CT molecular complexity index is 537. The molecule has 0 saturated heterocycles. The van der Waals surface area contributed by atoms with Gasteiger partial charge < -0.3 is 15.4 Å².